The molecule has 5 rings (SSSR count). The minimum absolute atomic E-state index is 0.00160. The number of amides is 2. The molecule has 2 aromatic carbocycles. The summed E-state index contributed by atoms with van der Waals surface area (Å²) in [5, 5.41) is 16.2. The molecule has 0 spiro atoms. The van der Waals surface area contributed by atoms with E-state index in [1.54, 1.807) is 49.8 Å². The van der Waals surface area contributed by atoms with E-state index in [-0.39, 0.29) is 53.6 Å². The number of carbonyl (C=O) groups is 2. The van der Waals surface area contributed by atoms with Crippen molar-refractivity contribution in [3.8, 4) is 11.1 Å². The zero-order valence-corrected chi connectivity index (χ0v) is 27.9. The smallest absolute Gasteiger partial charge is 0.410 e. The van der Waals surface area contributed by atoms with Gasteiger partial charge in [0.25, 0.3) is 11.8 Å². The number of hydrogen-bond donors (Lipinski definition) is 3. The number of nitrogens with zero attached hydrogens (tertiary/aromatic N) is 4. The molecule has 1 atom stereocenters. The van der Waals surface area contributed by atoms with Crippen molar-refractivity contribution in [2.75, 3.05) is 18.4 Å². The number of benzene rings is 2. The zero-order chi connectivity index (χ0) is 35.8. The van der Waals surface area contributed by atoms with E-state index in [0.29, 0.717) is 28.5 Å². The number of piperidine rings is 1. The van der Waals surface area contributed by atoms with E-state index in [2.05, 4.69) is 15.4 Å². The largest absolute Gasteiger partial charge is 0.444 e. The van der Waals surface area contributed by atoms with Gasteiger partial charge in [-0.05, 0) is 74.9 Å². The Kier molecular flexibility index (Phi) is 9.71. The van der Waals surface area contributed by atoms with Gasteiger partial charge in [0.15, 0.2) is 11.6 Å². The lowest BCUT2D eigenvalue weighted by molar-refractivity contribution is -0.0770. The van der Waals surface area contributed by atoms with Crippen molar-refractivity contribution >= 4 is 34.9 Å². The average Bonchev–Trinajstić information content (AvgIpc) is 3.39. The molecular formula is C35H39F4N7O3. The quantitative estimate of drug-likeness (QED) is 0.132. The molecule has 3 heterocycles. The first-order valence-corrected chi connectivity index (χ1v) is 15.9. The number of pyridine rings is 1. The topological polar surface area (TPSA) is 139 Å². The van der Waals surface area contributed by atoms with Crippen molar-refractivity contribution in [1.82, 2.24) is 19.7 Å². The predicted molar refractivity (Wildman–Crippen MR) is 178 cm³/mol. The highest BCUT2D eigenvalue weighted by Crippen LogP contribution is 2.38. The Morgan fingerprint density at radius 2 is 1.90 bits per heavy atom. The minimum atomic E-state index is -3.39. The Morgan fingerprint density at radius 1 is 1.16 bits per heavy atom. The number of ether oxygens (including phenoxy) is 1. The summed E-state index contributed by atoms with van der Waals surface area (Å²) < 4.78 is 65.5. The standard InChI is InChI=1S/C35H39F4N7O3/c1-19(2)12-26-30(31(41)47)29(21-7-9-27-22(14-21)16-42-46(27)17-20-6-8-24(36)25(37)13-20)23(15-40)32(43-26)44-28-10-11-45(18-35(28,38)39)33(48)49-34(3,4)5/h6-9,13-16,19,28,40H,10-12,17-18H2,1-5H3,(H2,41,47)(H,43,44). The molecule has 1 aliphatic rings. The van der Waals surface area contributed by atoms with Crippen LogP contribution in [-0.4, -0.2) is 68.5 Å². The average molecular weight is 682 g/mol. The summed E-state index contributed by atoms with van der Waals surface area (Å²) in [6.07, 6.45) is 1.84. The number of aromatic nitrogens is 3. The van der Waals surface area contributed by atoms with Crippen LogP contribution in [0.15, 0.2) is 42.6 Å². The van der Waals surface area contributed by atoms with Crippen molar-refractivity contribution in [1.29, 1.82) is 5.41 Å². The van der Waals surface area contributed by atoms with Crippen LogP contribution in [0.4, 0.5) is 28.2 Å². The van der Waals surface area contributed by atoms with E-state index in [0.717, 1.165) is 23.2 Å². The highest BCUT2D eigenvalue weighted by Gasteiger charge is 2.47. The first-order chi connectivity index (χ1) is 23.0. The molecule has 0 aliphatic carbocycles. The molecular weight excluding hydrogens is 642 g/mol. The Bertz CT molecular complexity index is 1920. The minimum Gasteiger partial charge on any atom is -0.444 e. The zero-order valence-electron chi connectivity index (χ0n) is 27.9. The van der Waals surface area contributed by atoms with Gasteiger partial charge in [0, 0.05) is 29.3 Å². The lowest BCUT2D eigenvalue weighted by atomic mass is 9.90. The van der Waals surface area contributed by atoms with E-state index < -0.39 is 47.7 Å². The molecule has 49 heavy (non-hydrogen) atoms. The molecule has 1 saturated heterocycles. The monoisotopic (exact) mass is 681 g/mol. The highest BCUT2D eigenvalue weighted by molar-refractivity contribution is 6.08. The van der Waals surface area contributed by atoms with Crippen LogP contribution in [-0.2, 0) is 17.7 Å². The summed E-state index contributed by atoms with van der Waals surface area (Å²) in [4.78, 5) is 31.2. The van der Waals surface area contributed by atoms with Gasteiger partial charge in [-0.3, -0.25) is 9.48 Å². The maximum atomic E-state index is 15.6. The van der Waals surface area contributed by atoms with E-state index in [4.69, 9.17) is 15.9 Å². The number of likely N-dealkylation sites (tertiary alicyclic amines) is 1. The molecule has 14 heteroatoms. The van der Waals surface area contributed by atoms with Crippen LogP contribution in [0.3, 0.4) is 0 Å². The maximum Gasteiger partial charge on any atom is 0.410 e. The summed E-state index contributed by atoms with van der Waals surface area (Å²) in [6, 6.07) is 7.30. The normalized spacial score (nSPS) is 16.2. The van der Waals surface area contributed by atoms with Gasteiger partial charge in [-0.1, -0.05) is 26.0 Å². The summed E-state index contributed by atoms with van der Waals surface area (Å²) in [7, 11) is 0. The highest BCUT2D eigenvalue weighted by atomic mass is 19.3. The van der Waals surface area contributed by atoms with Gasteiger partial charge in [-0.15, -0.1) is 0 Å². The number of fused-ring (bicyclic) bond motifs is 1. The molecule has 0 radical (unpaired) electrons. The first kappa shape index (κ1) is 35.3. The molecule has 1 fully saturated rings. The molecule has 260 valence electrons. The summed E-state index contributed by atoms with van der Waals surface area (Å²) in [6.45, 7) is 8.07. The van der Waals surface area contributed by atoms with Crippen molar-refractivity contribution in [3.63, 3.8) is 0 Å². The van der Waals surface area contributed by atoms with Gasteiger partial charge in [0.05, 0.1) is 42.1 Å². The molecule has 4 N–H and O–H groups in total. The summed E-state index contributed by atoms with van der Waals surface area (Å²) in [5.74, 6) is -6.12. The van der Waals surface area contributed by atoms with Gasteiger partial charge in [0.1, 0.15) is 11.4 Å². The third-order valence-corrected chi connectivity index (χ3v) is 8.11. The van der Waals surface area contributed by atoms with Crippen molar-refractivity contribution in [3.05, 3.63) is 76.6 Å². The Labute approximate surface area is 281 Å². The predicted octanol–water partition coefficient (Wildman–Crippen LogP) is 6.78. The third-order valence-electron chi connectivity index (χ3n) is 8.11. The van der Waals surface area contributed by atoms with Gasteiger partial charge in [-0.25, -0.2) is 27.3 Å². The van der Waals surface area contributed by atoms with Crippen molar-refractivity contribution < 1.29 is 31.9 Å². The van der Waals surface area contributed by atoms with Crippen LogP contribution >= 0.6 is 0 Å². The van der Waals surface area contributed by atoms with E-state index in [1.165, 1.54) is 6.07 Å². The molecule has 1 aliphatic heterocycles. The van der Waals surface area contributed by atoms with Crippen molar-refractivity contribution in [2.24, 2.45) is 11.7 Å². The third kappa shape index (κ3) is 7.68. The number of carbonyl (C=O) groups excluding carboxylic acids is 2. The fourth-order valence-corrected chi connectivity index (χ4v) is 5.94. The second-order valence-corrected chi connectivity index (χ2v) is 13.7. The lowest BCUT2D eigenvalue weighted by Crippen LogP contribution is -2.56. The number of nitrogens with two attached hydrogens (primary N) is 1. The summed E-state index contributed by atoms with van der Waals surface area (Å²) in [5.41, 5.74) is 7.37. The molecule has 2 amide bonds. The number of anilines is 1. The van der Waals surface area contributed by atoms with Crippen LogP contribution < -0.4 is 11.1 Å². The lowest BCUT2D eigenvalue weighted by Gasteiger charge is -2.39. The van der Waals surface area contributed by atoms with Crippen LogP contribution in [0.1, 0.15) is 68.2 Å². The molecule has 0 bridgehead atoms. The molecule has 1 unspecified atom stereocenters. The maximum absolute atomic E-state index is 15.6. The van der Waals surface area contributed by atoms with E-state index >= 15 is 8.78 Å². The molecule has 10 nitrogen and oxygen atoms in total. The molecule has 4 aromatic rings. The second kappa shape index (κ2) is 13.5. The summed E-state index contributed by atoms with van der Waals surface area (Å²) >= 11 is 0. The Morgan fingerprint density at radius 3 is 2.51 bits per heavy atom. The SMILES string of the molecule is CC(C)Cc1nc(NC2CCN(C(=O)OC(C)(C)C)CC2(F)F)c(C=N)c(-c2ccc3c(cnn3Cc3ccc(F)c(F)c3)c2)c1C(N)=O. The number of primary amides is 1. The number of halogens is 4. The van der Waals surface area contributed by atoms with Gasteiger partial charge >= 0.3 is 6.09 Å². The van der Waals surface area contributed by atoms with Crippen LogP contribution in [0, 0.1) is 23.0 Å². The first-order valence-electron chi connectivity index (χ1n) is 15.9. The molecule has 0 saturated carbocycles. The number of nitrogens with one attached hydrogen (secondary N) is 2. The van der Waals surface area contributed by atoms with Crippen molar-refractivity contribution in [2.45, 2.75) is 71.6 Å². The fourth-order valence-electron chi connectivity index (χ4n) is 5.94. The fraction of sp³-hybridized carbons (Fsp3) is 0.400. The van der Waals surface area contributed by atoms with E-state index in [9.17, 15) is 18.4 Å². The Hall–Kier alpha value is -5.01. The van der Waals surface area contributed by atoms with Crippen LogP contribution in [0.5, 0.6) is 0 Å². The van der Waals surface area contributed by atoms with Crippen LogP contribution in [0.25, 0.3) is 22.0 Å². The number of rotatable bonds is 9. The van der Waals surface area contributed by atoms with Gasteiger partial charge in [0.2, 0.25) is 0 Å². The van der Waals surface area contributed by atoms with Crippen LogP contribution in [0.2, 0.25) is 0 Å². The second-order valence-electron chi connectivity index (χ2n) is 13.7. The number of alkyl halides is 2. The Balaban J connectivity index is 1.55. The van der Waals surface area contributed by atoms with E-state index in [1.807, 2.05) is 13.8 Å². The van der Waals surface area contributed by atoms with Gasteiger partial charge in [-0.2, -0.15) is 5.10 Å². The number of hydrogen-bond acceptors (Lipinski definition) is 7. The molecule has 2 aromatic heterocycles. The van der Waals surface area contributed by atoms with Gasteiger partial charge < -0.3 is 26.1 Å².